The maximum atomic E-state index is 9.20. The molecule has 1 rings (SSSR count). The van der Waals surface area contributed by atoms with Crippen LogP contribution in [0.2, 0.25) is 0 Å². The molecule has 0 aliphatic heterocycles. The van der Waals surface area contributed by atoms with Gasteiger partial charge >= 0.3 is 0 Å². The molecule has 0 radical (unpaired) electrons. The zero-order valence-electron chi connectivity index (χ0n) is 6.57. The van der Waals surface area contributed by atoms with Crippen LogP contribution in [0, 0.1) is 0 Å². The van der Waals surface area contributed by atoms with Crippen molar-refractivity contribution in [1.82, 2.24) is 4.98 Å². The van der Waals surface area contributed by atoms with Crippen molar-refractivity contribution in [2.45, 2.75) is 12.5 Å². The van der Waals surface area contributed by atoms with Crippen molar-refractivity contribution in [1.29, 1.82) is 0 Å². The Morgan fingerprint density at radius 3 is 2.83 bits per heavy atom. The van der Waals surface area contributed by atoms with E-state index >= 15 is 0 Å². The number of halogens is 1. The van der Waals surface area contributed by atoms with Crippen LogP contribution in [-0.2, 0) is 6.42 Å². The van der Waals surface area contributed by atoms with Crippen LogP contribution in [0.4, 0.5) is 0 Å². The Bertz CT molecular complexity index is 237. The molecule has 1 atom stereocenters. The van der Waals surface area contributed by atoms with Crippen molar-refractivity contribution in [3.8, 4) is 0 Å². The highest BCUT2D eigenvalue weighted by molar-refractivity contribution is 9.10. The highest BCUT2D eigenvalue weighted by Crippen LogP contribution is 2.08. The first-order valence-corrected chi connectivity index (χ1v) is 4.50. The van der Waals surface area contributed by atoms with Gasteiger partial charge in [0, 0.05) is 29.3 Å². The molecule has 12 heavy (non-hydrogen) atoms. The van der Waals surface area contributed by atoms with E-state index in [1.807, 2.05) is 12.1 Å². The van der Waals surface area contributed by atoms with Crippen LogP contribution in [0.3, 0.4) is 0 Å². The van der Waals surface area contributed by atoms with E-state index in [1.54, 1.807) is 6.20 Å². The fraction of sp³-hybridized carbons (Fsp3) is 0.375. The Morgan fingerprint density at radius 1 is 1.58 bits per heavy atom. The topological polar surface area (TPSA) is 59.1 Å². The van der Waals surface area contributed by atoms with Gasteiger partial charge in [-0.15, -0.1) is 0 Å². The molecule has 0 amide bonds. The minimum atomic E-state index is -0.487. The predicted octanol–water partition coefficient (Wildman–Crippen LogP) is 0.706. The summed E-state index contributed by atoms with van der Waals surface area (Å²) in [5.41, 5.74) is 6.12. The average Bonchev–Trinajstić information content (AvgIpc) is 2.09. The summed E-state index contributed by atoms with van der Waals surface area (Å²) < 4.78 is 0.938. The van der Waals surface area contributed by atoms with Gasteiger partial charge in [0.15, 0.2) is 0 Å². The summed E-state index contributed by atoms with van der Waals surface area (Å²) in [7, 11) is 0. The molecule has 0 bridgehead atoms. The molecule has 0 fully saturated rings. The van der Waals surface area contributed by atoms with Crippen LogP contribution in [0.1, 0.15) is 5.69 Å². The normalized spacial score (nSPS) is 12.9. The van der Waals surface area contributed by atoms with E-state index in [0.717, 1.165) is 10.2 Å². The second kappa shape index (κ2) is 4.54. The van der Waals surface area contributed by atoms with Crippen molar-refractivity contribution in [2.24, 2.45) is 5.73 Å². The molecule has 0 aliphatic carbocycles. The Morgan fingerprint density at radius 2 is 2.33 bits per heavy atom. The lowest BCUT2D eigenvalue weighted by atomic mass is 10.2. The molecular weight excluding hydrogens is 220 g/mol. The minimum absolute atomic E-state index is 0.276. The number of nitrogens with two attached hydrogens (primary N) is 1. The van der Waals surface area contributed by atoms with Crippen molar-refractivity contribution in [3.63, 3.8) is 0 Å². The van der Waals surface area contributed by atoms with Crippen LogP contribution in [0.5, 0.6) is 0 Å². The van der Waals surface area contributed by atoms with Gasteiger partial charge in [-0.2, -0.15) is 0 Å². The fourth-order valence-corrected chi connectivity index (χ4v) is 1.09. The summed E-state index contributed by atoms with van der Waals surface area (Å²) in [5.74, 6) is 0. The molecule has 0 saturated heterocycles. The van der Waals surface area contributed by atoms with Crippen molar-refractivity contribution in [3.05, 3.63) is 28.5 Å². The molecule has 3 N–H and O–H groups in total. The second-order valence-electron chi connectivity index (χ2n) is 2.56. The van der Waals surface area contributed by atoms with Gasteiger partial charge in [-0.05, 0) is 28.1 Å². The third-order valence-electron chi connectivity index (χ3n) is 1.51. The minimum Gasteiger partial charge on any atom is -0.391 e. The van der Waals surface area contributed by atoms with E-state index in [4.69, 9.17) is 5.73 Å². The van der Waals surface area contributed by atoms with Gasteiger partial charge in [-0.1, -0.05) is 0 Å². The molecule has 4 heteroatoms. The van der Waals surface area contributed by atoms with Gasteiger partial charge in [0.05, 0.1) is 6.10 Å². The fourth-order valence-electron chi connectivity index (χ4n) is 0.852. The summed E-state index contributed by atoms with van der Waals surface area (Å²) >= 11 is 3.28. The predicted molar refractivity (Wildman–Crippen MR) is 50.7 cm³/mol. The number of hydrogen-bond donors (Lipinski definition) is 2. The third-order valence-corrected chi connectivity index (χ3v) is 1.97. The molecule has 1 unspecified atom stereocenters. The molecule has 0 aliphatic rings. The van der Waals surface area contributed by atoms with Crippen molar-refractivity contribution < 1.29 is 5.11 Å². The Balaban J connectivity index is 2.58. The lowest BCUT2D eigenvalue weighted by Gasteiger charge is -2.05. The smallest absolute Gasteiger partial charge is 0.0717 e. The SMILES string of the molecule is NCC(O)Cc1ccc(Br)cn1. The van der Waals surface area contributed by atoms with Crippen molar-refractivity contribution >= 4 is 15.9 Å². The summed E-state index contributed by atoms with van der Waals surface area (Å²) in [5, 5.41) is 9.20. The molecular formula is C8H11BrN2O. The lowest BCUT2D eigenvalue weighted by molar-refractivity contribution is 0.182. The standard InChI is InChI=1S/C8H11BrN2O/c9-6-1-2-7(11-5-6)3-8(12)4-10/h1-2,5,8,12H,3-4,10H2. The largest absolute Gasteiger partial charge is 0.391 e. The number of nitrogens with zero attached hydrogens (tertiary/aromatic N) is 1. The Hall–Kier alpha value is -0.450. The Labute approximate surface area is 79.7 Å². The molecule has 1 aromatic heterocycles. The van der Waals surface area contributed by atoms with E-state index in [1.165, 1.54) is 0 Å². The number of aliphatic hydroxyl groups is 1. The number of aromatic nitrogens is 1. The van der Waals surface area contributed by atoms with E-state index < -0.39 is 6.10 Å². The maximum absolute atomic E-state index is 9.20. The molecule has 1 heterocycles. The highest BCUT2D eigenvalue weighted by Gasteiger charge is 2.02. The average molecular weight is 231 g/mol. The van der Waals surface area contributed by atoms with Gasteiger partial charge < -0.3 is 10.8 Å². The summed E-state index contributed by atoms with van der Waals surface area (Å²) in [4.78, 5) is 4.10. The molecule has 0 saturated carbocycles. The van der Waals surface area contributed by atoms with Gasteiger partial charge in [0.1, 0.15) is 0 Å². The van der Waals surface area contributed by atoms with Crippen LogP contribution in [-0.4, -0.2) is 22.7 Å². The summed E-state index contributed by atoms with van der Waals surface area (Å²) in [6.45, 7) is 0.276. The quantitative estimate of drug-likeness (QED) is 0.805. The first-order valence-electron chi connectivity index (χ1n) is 3.71. The third kappa shape index (κ3) is 2.89. The Kier molecular flexibility index (Phi) is 3.65. The highest BCUT2D eigenvalue weighted by atomic mass is 79.9. The monoisotopic (exact) mass is 230 g/mol. The van der Waals surface area contributed by atoms with Gasteiger partial charge in [-0.25, -0.2) is 0 Å². The first-order chi connectivity index (χ1) is 5.72. The lowest BCUT2D eigenvalue weighted by Crippen LogP contribution is -2.22. The summed E-state index contributed by atoms with van der Waals surface area (Å²) in [6.07, 6.45) is 1.74. The molecule has 3 nitrogen and oxygen atoms in total. The maximum Gasteiger partial charge on any atom is 0.0717 e. The first kappa shape index (κ1) is 9.64. The van der Waals surface area contributed by atoms with Crippen LogP contribution >= 0.6 is 15.9 Å². The zero-order valence-corrected chi connectivity index (χ0v) is 8.16. The summed E-state index contributed by atoms with van der Waals surface area (Å²) in [6, 6.07) is 3.76. The van der Waals surface area contributed by atoms with Crippen molar-refractivity contribution in [2.75, 3.05) is 6.54 Å². The number of hydrogen-bond acceptors (Lipinski definition) is 3. The van der Waals surface area contributed by atoms with E-state index in [9.17, 15) is 5.11 Å². The second-order valence-corrected chi connectivity index (χ2v) is 3.48. The zero-order chi connectivity index (χ0) is 8.97. The molecule has 1 aromatic rings. The number of pyridine rings is 1. The molecule has 0 aromatic carbocycles. The van der Waals surface area contributed by atoms with Gasteiger partial charge in [0.25, 0.3) is 0 Å². The van der Waals surface area contributed by atoms with Crippen LogP contribution < -0.4 is 5.73 Å². The van der Waals surface area contributed by atoms with Crippen LogP contribution in [0.15, 0.2) is 22.8 Å². The van der Waals surface area contributed by atoms with Gasteiger partial charge in [0.2, 0.25) is 0 Å². The van der Waals surface area contributed by atoms with E-state index in [0.29, 0.717) is 6.42 Å². The molecule has 0 spiro atoms. The number of aliphatic hydroxyl groups excluding tert-OH is 1. The van der Waals surface area contributed by atoms with Crippen LogP contribution in [0.25, 0.3) is 0 Å². The van der Waals surface area contributed by atoms with E-state index in [2.05, 4.69) is 20.9 Å². The number of rotatable bonds is 3. The molecule has 66 valence electrons. The van der Waals surface area contributed by atoms with Gasteiger partial charge in [-0.3, -0.25) is 4.98 Å². The van der Waals surface area contributed by atoms with E-state index in [-0.39, 0.29) is 6.54 Å².